The lowest BCUT2D eigenvalue weighted by Gasteiger charge is -2.36. The van der Waals surface area contributed by atoms with E-state index >= 15 is 0 Å². The third-order valence-corrected chi connectivity index (χ3v) is 6.19. The molecule has 4 atom stereocenters. The van der Waals surface area contributed by atoms with Crippen molar-refractivity contribution in [3.63, 3.8) is 0 Å². The minimum absolute atomic E-state index is 0.0410. The standard InChI is InChI=1S/C23H39ClN4O6/c1-14(2)10-17(28-9-7-16(21(28)32)26-22(33)34-23(3,4)5)18(29)13-27(19(30)11-24)12-15-6-8-25-20(15)31/h14-18,29H,6-13H2,1-5H3,(H,25,31)(H,26,33)/t15-,16-,17-,18-/m0/s1. The SMILES string of the molecule is CC(C)C[C@@H]([C@@H](O)CN(C[C@@H]1CCNC1=O)C(=O)CCl)N1CC[C@H](NC(=O)OC(C)(C)C)C1=O. The fourth-order valence-corrected chi connectivity index (χ4v) is 4.55. The molecule has 3 N–H and O–H groups in total. The van der Waals surface area contributed by atoms with Gasteiger partial charge in [0.25, 0.3) is 0 Å². The van der Waals surface area contributed by atoms with Gasteiger partial charge in [0.2, 0.25) is 17.7 Å². The monoisotopic (exact) mass is 502 g/mol. The molecule has 10 nitrogen and oxygen atoms in total. The van der Waals surface area contributed by atoms with E-state index < -0.39 is 29.9 Å². The summed E-state index contributed by atoms with van der Waals surface area (Å²) >= 11 is 5.79. The van der Waals surface area contributed by atoms with Gasteiger partial charge in [-0.15, -0.1) is 11.6 Å². The van der Waals surface area contributed by atoms with E-state index in [2.05, 4.69) is 10.6 Å². The van der Waals surface area contributed by atoms with E-state index in [0.717, 1.165) is 0 Å². The molecule has 0 aromatic carbocycles. The highest BCUT2D eigenvalue weighted by Crippen LogP contribution is 2.24. The Morgan fingerprint density at radius 3 is 2.50 bits per heavy atom. The Morgan fingerprint density at radius 2 is 1.97 bits per heavy atom. The zero-order chi connectivity index (χ0) is 25.6. The number of carbonyl (C=O) groups excluding carboxylic acids is 4. The summed E-state index contributed by atoms with van der Waals surface area (Å²) in [5, 5.41) is 16.5. The number of halogens is 1. The number of hydrogen-bond donors (Lipinski definition) is 3. The van der Waals surface area contributed by atoms with Crippen molar-refractivity contribution in [2.24, 2.45) is 11.8 Å². The highest BCUT2D eigenvalue weighted by molar-refractivity contribution is 6.27. The van der Waals surface area contributed by atoms with Gasteiger partial charge in [-0.05, 0) is 46.0 Å². The summed E-state index contributed by atoms with van der Waals surface area (Å²) in [4.78, 5) is 52.7. The van der Waals surface area contributed by atoms with E-state index in [1.54, 1.807) is 25.7 Å². The van der Waals surface area contributed by atoms with Crippen molar-refractivity contribution in [1.29, 1.82) is 0 Å². The topological polar surface area (TPSA) is 128 Å². The summed E-state index contributed by atoms with van der Waals surface area (Å²) in [6.45, 7) is 10.2. The Balaban J connectivity index is 2.10. The number of alkyl halides is 1. The number of amides is 4. The molecule has 0 aliphatic carbocycles. The van der Waals surface area contributed by atoms with Crippen LogP contribution in [0.2, 0.25) is 0 Å². The van der Waals surface area contributed by atoms with E-state index in [4.69, 9.17) is 16.3 Å². The van der Waals surface area contributed by atoms with Crippen LogP contribution in [-0.2, 0) is 19.1 Å². The Hall–Kier alpha value is -2.07. The molecule has 11 heteroatoms. The van der Waals surface area contributed by atoms with Crippen LogP contribution in [0.3, 0.4) is 0 Å². The minimum atomic E-state index is -1.04. The smallest absolute Gasteiger partial charge is 0.408 e. The van der Waals surface area contributed by atoms with Crippen LogP contribution in [-0.4, -0.2) is 94.6 Å². The second-order valence-electron chi connectivity index (χ2n) is 10.5. The Morgan fingerprint density at radius 1 is 1.29 bits per heavy atom. The molecule has 0 aromatic rings. The van der Waals surface area contributed by atoms with Gasteiger partial charge in [-0.25, -0.2) is 4.79 Å². The van der Waals surface area contributed by atoms with Gasteiger partial charge in [-0.2, -0.15) is 0 Å². The van der Waals surface area contributed by atoms with Gasteiger partial charge in [-0.1, -0.05) is 13.8 Å². The summed E-state index contributed by atoms with van der Waals surface area (Å²) in [6, 6.07) is -1.29. The largest absolute Gasteiger partial charge is 0.444 e. The lowest BCUT2D eigenvalue weighted by molar-refractivity contribution is -0.136. The third-order valence-electron chi connectivity index (χ3n) is 5.97. The number of carbonyl (C=O) groups is 4. The van der Waals surface area contributed by atoms with E-state index in [-0.39, 0.29) is 48.5 Å². The maximum Gasteiger partial charge on any atom is 0.408 e. The van der Waals surface area contributed by atoms with Gasteiger partial charge in [0.15, 0.2) is 0 Å². The van der Waals surface area contributed by atoms with Crippen LogP contribution in [0.5, 0.6) is 0 Å². The molecule has 0 bridgehead atoms. The van der Waals surface area contributed by atoms with E-state index in [1.165, 1.54) is 4.90 Å². The van der Waals surface area contributed by atoms with E-state index in [1.807, 2.05) is 13.8 Å². The zero-order valence-corrected chi connectivity index (χ0v) is 21.6. The molecule has 2 saturated heterocycles. The van der Waals surface area contributed by atoms with Crippen LogP contribution in [0, 0.1) is 11.8 Å². The van der Waals surface area contributed by atoms with Crippen LogP contribution in [0.15, 0.2) is 0 Å². The molecule has 194 valence electrons. The highest BCUT2D eigenvalue weighted by atomic mass is 35.5. The number of hydrogen-bond acceptors (Lipinski definition) is 6. The number of aliphatic hydroxyl groups excluding tert-OH is 1. The van der Waals surface area contributed by atoms with Gasteiger partial charge in [0.05, 0.1) is 18.1 Å². The summed E-state index contributed by atoms with van der Waals surface area (Å²) in [5.74, 6) is -1.23. The van der Waals surface area contributed by atoms with Crippen molar-refractivity contribution in [3.05, 3.63) is 0 Å². The second-order valence-corrected chi connectivity index (χ2v) is 10.8. The fourth-order valence-electron chi connectivity index (χ4n) is 4.39. The predicted molar refractivity (Wildman–Crippen MR) is 127 cm³/mol. The summed E-state index contributed by atoms with van der Waals surface area (Å²) in [7, 11) is 0. The lowest BCUT2D eigenvalue weighted by atomic mass is 9.97. The number of rotatable bonds is 10. The molecule has 0 unspecified atom stereocenters. The van der Waals surface area contributed by atoms with E-state index in [0.29, 0.717) is 32.4 Å². The van der Waals surface area contributed by atoms with Crippen LogP contribution >= 0.6 is 11.6 Å². The number of ether oxygens (including phenoxy) is 1. The highest BCUT2D eigenvalue weighted by Gasteiger charge is 2.41. The molecular weight excluding hydrogens is 464 g/mol. The second kappa shape index (κ2) is 12.1. The molecule has 0 radical (unpaired) electrons. The average Bonchev–Trinajstić information content (AvgIpc) is 3.29. The van der Waals surface area contributed by atoms with Crippen LogP contribution in [0.4, 0.5) is 4.79 Å². The Labute approximate surface area is 206 Å². The molecule has 34 heavy (non-hydrogen) atoms. The summed E-state index contributed by atoms with van der Waals surface area (Å²) in [5.41, 5.74) is -0.684. The van der Waals surface area contributed by atoms with Crippen LogP contribution in [0.25, 0.3) is 0 Å². The number of likely N-dealkylation sites (tertiary alicyclic amines) is 1. The maximum atomic E-state index is 13.1. The Bertz CT molecular complexity index is 756. The zero-order valence-electron chi connectivity index (χ0n) is 20.8. The van der Waals surface area contributed by atoms with Gasteiger partial charge in [0, 0.05) is 26.2 Å². The van der Waals surface area contributed by atoms with Crippen molar-refractivity contribution < 1.29 is 29.0 Å². The molecular formula is C23H39ClN4O6. The van der Waals surface area contributed by atoms with E-state index in [9.17, 15) is 24.3 Å². The molecule has 4 amide bonds. The Kier molecular flexibility index (Phi) is 9.99. The van der Waals surface area contributed by atoms with Gasteiger partial charge in [-0.3, -0.25) is 14.4 Å². The molecule has 0 aromatic heterocycles. The van der Waals surface area contributed by atoms with Crippen molar-refractivity contribution >= 4 is 35.4 Å². The first kappa shape index (κ1) is 28.2. The number of aliphatic hydroxyl groups is 1. The first-order valence-electron chi connectivity index (χ1n) is 11.9. The predicted octanol–water partition coefficient (Wildman–Crippen LogP) is 1.09. The summed E-state index contributed by atoms with van der Waals surface area (Å²) < 4.78 is 5.26. The first-order chi connectivity index (χ1) is 15.8. The summed E-state index contributed by atoms with van der Waals surface area (Å²) in [6.07, 6.45) is -0.185. The van der Waals surface area contributed by atoms with Crippen molar-refractivity contribution in [3.8, 4) is 0 Å². The van der Waals surface area contributed by atoms with Crippen LogP contribution in [0.1, 0.15) is 53.9 Å². The molecule has 0 spiro atoms. The number of nitrogens with one attached hydrogen (secondary N) is 2. The van der Waals surface area contributed by atoms with Crippen molar-refractivity contribution in [2.45, 2.75) is 77.7 Å². The minimum Gasteiger partial charge on any atom is -0.444 e. The van der Waals surface area contributed by atoms with Gasteiger partial charge < -0.3 is 30.3 Å². The number of alkyl carbamates (subject to hydrolysis) is 1. The average molecular weight is 503 g/mol. The molecule has 2 rings (SSSR count). The molecule has 2 aliphatic rings. The quantitative estimate of drug-likeness (QED) is 0.384. The fraction of sp³-hybridized carbons (Fsp3) is 0.826. The normalized spacial score (nSPS) is 22.5. The lowest BCUT2D eigenvalue weighted by Crippen LogP contribution is -2.53. The molecule has 2 heterocycles. The third kappa shape index (κ3) is 8.01. The maximum absolute atomic E-state index is 13.1. The first-order valence-corrected chi connectivity index (χ1v) is 12.4. The molecule has 0 saturated carbocycles. The van der Waals surface area contributed by atoms with Crippen molar-refractivity contribution in [1.82, 2.24) is 20.4 Å². The number of nitrogens with zero attached hydrogens (tertiary/aromatic N) is 2. The molecule has 2 fully saturated rings. The van der Waals surface area contributed by atoms with Gasteiger partial charge in [0.1, 0.15) is 17.5 Å². The van der Waals surface area contributed by atoms with Crippen LogP contribution < -0.4 is 10.6 Å². The van der Waals surface area contributed by atoms with Gasteiger partial charge >= 0.3 is 6.09 Å². The van der Waals surface area contributed by atoms with Crippen molar-refractivity contribution in [2.75, 3.05) is 32.1 Å². The molecule has 2 aliphatic heterocycles.